The van der Waals surface area contributed by atoms with Crippen LogP contribution in [0.5, 0.6) is 0 Å². The van der Waals surface area contributed by atoms with Gasteiger partial charge in [0.1, 0.15) is 11.6 Å². The Labute approximate surface area is 201 Å². The van der Waals surface area contributed by atoms with Crippen LogP contribution >= 0.6 is 24.0 Å². The number of hydrogen-bond donors (Lipinski definition) is 1. The summed E-state index contributed by atoms with van der Waals surface area (Å²) < 4.78 is 14.1. The van der Waals surface area contributed by atoms with Gasteiger partial charge in [-0.05, 0) is 43.5 Å². The number of benzene rings is 1. The molecule has 3 heterocycles. The fourth-order valence-electron chi connectivity index (χ4n) is 4.10. The van der Waals surface area contributed by atoms with E-state index in [-0.39, 0.29) is 29.8 Å². The zero-order chi connectivity index (χ0) is 20.8. The zero-order valence-corrected chi connectivity index (χ0v) is 20.5. The zero-order valence-electron chi connectivity index (χ0n) is 18.1. The summed E-state index contributed by atoms with van der Waals surface area (Å²) in [6, 6.07) is 11.2. The van der Waals surface area contributed by atoms with E-state index in [0.29, 0.717) is 12.2 Å². The van der Waals surface area contributed by atoms with Gasteiger partial charge in [0.15, 0.2) is 5.96 Å². The quantitative estimate of drug-likeness (QED) is 0.357. The maximum Gasteiger partial charge on any atom is 0.194 e. The van der Waals surface area contributed by atoms with Crippen molar-refractivity contribution in [3.05, 3.63) is 54.0 Å². The first-order valence-electron chi connectivity index (χ1n) is 11.0. The fourth-order valence-corrected chi connectivity index (χ4v) is 4.10. The van der Waals surface area contributed by atoms with Crippen LogP contribution in [0, 0.1) is 5.82 Å². The van der Waals surface area contributed by atoms with E-state index < -0.39 is 0 Å². The number of aliphatic imine (C=N–C) groups is 1. The number of guanidine groups is 1. The summed E-state index contributed by atoms with van der Waals surface area (Å²) in [4.78, 5) is 16.2. The molecule has 1 N–H and O–H groups in total. The molecule has 1 aromatic carbocycles. The van der Waals surface area contributed by atoms with Crippen molar-refractivity contribution in [3.8, 4) is 0 Å². The molecule has 0 saturated carbocycles. The van der Waals surface area contributed by atoms with Crippen molar-refractivity contribution >= 4 is 41.4 Å². The molecule has 1 aromatic heterocycles. The Hall–Kier alpha value is -2.10. The van der Waals surface area contributed by atoms with Gasteiger partial charge in [0, 0.05) is 52.0 Å². The number of pyridine rings is 1. The highest BCUT2D eigenvalue weighted by Gasteiger charge is 2.21. The van der Waals surface area contributed by atoms with Crippen LogP contribution in [0.3, 0.4) is 0 Å². The normalized spacial score (nSPS) is 17.0. The first kappa shape index (κ1) is 23.6. The average molecular weight is 538 g/mol. The molecule has 0 spiro atoms. The van der Waals surface area contributed by atoms with Crippen LogP contribution in [0.4, 0.5) is 15.9 Å². The molecule has 168 valence electrons. The van der Waals surface area contributed by atoms with Crippen LogP contribution < -0.4 is 15.1 Å². The van der Waals surface area contributed by atoms with Crippen molar-refractivity contribution < 1.29 is 4.39 Å². The Bertz CT molecular complexity index is 845. The molecule has 8 heteroatoms. The Balaban J connectivity index is 0.00000272. The summed E-state index contributed by atoms with van der Waals surface area (Å²) >= 11 is 0. The minimum atomic E-state index is -0.156. The Morgan fingerprint density at radius 1 is 1.00 bits per heavy atom. The minimum absolute atomic E-state index is 0. The number of para-hydroxylation sites is 1. The summed E-state index contributed by atoms with van der Waals surface area (Å²) in [6.45, 7) is 8.88. The van der Waals surface area contributed by atoms with Gasteiger partial charge in [-0.25, -0.2) is 14.4 Å². The molecule has 2 aliphatic rings. The van der Waals surface area contributed by atoms with Gasteiger partial charge in [0.2, 0.25) is 0 Å². The van der Waals surface area contributed by atoms with Gasteiger partial charge in [0.25, 0.3) is 0 Å². The topological polar surface area (TPSA) is 47.0 Å². The van der Waals surface area contributed by atoms with Crippen LogP contribution in [-0.4, -0.2) is 61.7 Å². The van der Waals surface area contributed by atoms with Gasteiger partial charge >= 0.3 is 0 Å². The van der Waals surface area contributed by atoms with Crippen LogP contribution in [0.1, 0.15) is 25.3 Å². The second-order valence-corrected chi connectivity index (χ2v) is 7.81. The molecular weight excluding hydrogens is 506 g/mol. The summed E-state index contributed by atoms with van der Waals surface area (Å²) in [5.41, 5.74) is 1.79. The molecular formula is C23H32FIN6. The van der Waals surface area contributed by atoms with E-state index in [1.165, 1.54) is 18.9 Å². The van der Waals surface area contributed by atoms with E-state index >= 15 is 0 Å². The standard InChI is InChI=1S/C23H31FN6.HI/c1-2-25-23(27-18-19-9-10-22(26-17-19)29-11-5-6-12-29)30-15-13-28(14-16-30)21-8-4-3-7-20(21)24;/h3-4,7-10,17H,2,5-6,11-16,18H2,1H3,(H,25,27);1H. The van der Waals surface area contributed by atoms with Crippen molar-refractivity contribution in [3.63, 3.8) is 0 Å². The molecule has 0 atom stereocenters. The Morgan fingerprint density at radius 3 is 2.39 bits per heavy atom. The Morgan fingerprint density at radius 2 is 1.74 bits per heavy atom. The van der Waals surface area contributed by atoms with Gasteiger partial charge in [-0.2, -0.15) is 0 Å². The first-order valence-corrected chi connectivity index (χ1v) is 11.0. The van der Waals surface area contributed by atoms with Gasteiger partial charge in [0.05, 0.1) is 12.2 Å². The van der Waals surface area contributed by atoms with Crippen molar-refractivity contribution in [2.45, 2.75) is 26.3 Å². The lowest BCUT2D eigenvalue weighted by molar-refractivity contribution is 0.370. The maximum atomic E-state index is 14.1. The third kappa shape index (κ3) is 5.99. The molecule has 0 unspecified atom stereocenters. The highest BCUT2D eigenvalue weighted by molar-refractivity contribution is 14.0. The number of rotatable bonds is 5. The largest absolute Gasteiger partial charge is 0.366 e. The smallest absolute Gasteiger partial charge is 0.194 e. The van der Waals surface area contributed by atoms with E-state index in [4.69, 9.17) is 4.99 Å². The van der Waals surface area contributed by atoms with Crippen molar-refractivity contribution in [1.29, 1.82) is 0 Å². The summed E-state index contributed by atoms with van der Waals surface area (Å²) in [6.07, 6.45) is 4.45. The third-order valence-electron chi connectivity index (χ3n) is 5.76. The number of aromatic nitrogens is 1. The van der Waals surface area contributed by atoms with Crippen molar-refractivity contribution in [1.82, 2.24) is 15.2 Å². The predicted octanol–water partition coefficient (Wildman–Crippen LogP) is 3.73. The summed E-state index contributed by atoms with van der Waals surface area (Å²) in [7, 11) is 0. The lowest BCUT2D eigenvalue weighted by Crippen LogP contribution is -2.52. The van der Waals surface area contributed by atoms with Crippen LogP contribution in [0.2, 0.25) is 0 Å². The van der Waals surface area contributed by atoms with Crippen LogP contribution in [0.15, 0.2) is 47.6 Å². The second kappa shape index (κ2) is 11.5. The molecule has 0 bridgehead atoms. The van der Waals surface area contributed by atoms with Crippen LogP contribution in [0.25, 0.3) is 0 Å². The molecule has 2 fully saturated rings. The van der Waals surface area contributed by atoms with Crippen LogP contribution in [-0.2, 0) is 6.54 Å². The highest BCUT2D eigenvalue weighted by atomic mass is 127. The minimum Gasteiger partial charge on any atom is -0.366 e. The fraction of sp³-hybridized carbons (Fsp3) is 0.478. The molecule has 4 rings (SSSR count). The molecule has 0 aliphatic carbocycles. The SMILES string of the molecule is CCNC(=NCc1ccc(N2CCCC2)nc1)N1CCN(c2ccccc2F)CC1.I. The molecule has 31 heavy (non-hydrogen) atoms. The van der Waals surface area contributed by atoms with Gasteiger partial charge < -0.3 is 20.0 Å². The first-order chi connectivity index (χ1) is 14.7. The summed E-state index contributed by atoms with van der Waals surface area (Å²) in [5, 5.41) is 3.40. The van der Waals surface area contributed by atoms with Gasteiger partial charge in [-0.15, -0.1) is 24.0 Å². The molecule has 2 aromatic rings. The lowest BCUT2D eigenvalue weighted by atomic mass is 10.2. The van der Waals surface area contributed by atoms with E-state index in [1.807, 2.05) is 18.3 Å². The average Bonchev–Trinajstić information content (AvgIpc) is 3.33. The number of piperazine rings is 1. The van der Waals surface area contributed by atoms with E-state index in [2.05, 4.69) is 44.1 Å². The number of anilines is 2. The number of hydrogen-bond acceptors (Lipinski definition) is 4. The Kier molecular flexibility index (Phi) is 8.74. The molecule has 2 saturated heterocycles. The van der Waals surface area contributed by atoms with E-state index in [1.54, 1.807) is 6.07 Å². The third-order valence-corrected chi connectivity index (χ3v) is 5.76. The van der Waals surface area contributed by atoms with Crippen molar-refractivity contribution in [2.24, 2.45) is 4.99 Å². The maximum absolute atomic E-state index is 14.1. The van der Waals surface area contributed by atoms with Gasteiger partial charge in [-0.3, -0.25) is 0 Å². The van der Waals surface area contributed by atoms with E-state index in [9.17, 15) is 4.39 Å². The molecule has 6 nitrogen and oxygen atoms in total. The number of nitrogens with one attached hydrogen (secondary N) is 1. The molecule has 2 aliphatic heterocycles. The molecule has 0 radical (unpaired) electrons. The van der Waals surface area contributed by atoms with Gasteiger partial charge in [-0.1, -0.05) is 18.2 Å². The highest BCUT2D eigenvalue weighted by Crippen LogP contribution is 2.20. The monoisotopic (exact) mass is 538 g/mol. The second-order valence-electron chi connectivity index (χ2n) is 7.81. The van der Waals surface area contributed by atoms with Crippen molar-refractivity contribution in [2.75, 3.05) is 55.6 Å². The van der Waals surface area contributed by atoms with E-state index in [0.717, 1.165) is 63.2 Å². The molecule has 0 amide bonds. The number of nitrogens with zero attached hydrogens (tertiary/aromatic N) is 5. The summed E-state index contributed by atoms with van der Waals surface area (Å²) in [5.74, 6) is 1.82. The predicted molar refractivity (Wildman–Crippen MR) is 136 cm³/mol. The number of halogens is 2. The lowest BCUT2D eigenvalue weighted by Gasteiger charge is -2.37.